The summed E-state index contributed by atoms with van der Waals surface area (Å²) >= 11 is 7.07. The van der Waals surface area contributed by atoms with Crippen molar-refractivity contribution in [1.82, 2.24) is 5.32 Å². The van der Waals surface area contributed by atoms with Gasteiger partial charge in [0.2, 0.25) is 0 Å². The van der Waals surface area contributed by atoms with E-state index in [9.17, 15) is 0 Å². The van der Waals surface area contributed by atoms with Crippen LogP contribution in [0.5, 0.6) is 0 Å². The minimum atomic E-state index is 0.245. The van der Waals surface area contributed by atoms with Gasteiger partial charge in [-0.25, -0.2) is 0 Å². The maximum absolute atomic E-state index is 3.64. The third kappa shape index (κ3) is 3.94. The van der Waals surface area contributed by atoms with Gasteiger partial charge in [0.25, 0.3) is 0 Å². The minimum Gasteiger partial charge on any atom is -0.306 e. The molecule has 0 fully saturated rings. The molecule has 0 heterocycles. The van der Waals surface area contributed by atoms with E-state index in [4.69, 9.17) is 0 Å². The summed E-state index contributed by atoms with van der Waals surface area (Å²) in [6, 6.07) is 15.4. The molecule has 2 aromatic carbocycles. The van der Waals surface area contributed by atoms with Gasteiger partial charge in [-0.15, -0.1) is 0 Å². The number of hydrogen-bond donors (Lipinski definition) is 1. The van der Waals surface area contributed by atoms with Crippen LogP contribution in [-0.4, -0.2) is 6.54 Å². The zero-order valence-electron chi connectivity index (χ0n) is 11.8. The largest absolute Gasteiger partial charge is 0.306 e. The Morgan fingerprint density at radius 1 is 1.00 bits per heavy atom. The van der Waals surface area contributed by atoms with Crippen molar-refractivity contribution in [3.05, 3.63) is 68.1 Å². The quantitative estimate of drug-likeness (QED) is 0.692. The predicted octanol–water partition coefficient (Wildman–Crippen LogP) is 5.61. The lowest BCUT2D eigenvalue weighted by Gasteiger charge is -2.20. The third-order valence-electron chi connectivity index (χ3n) is 3.32. The summed E-state index contributed by atoms with van der Waals surface area (Å²) in [7, 11) is 0. The molecule has 106 valence electrons. The predicted molar refractivity (Wildman–Crippen MR) is 93.2 cm³/mol. The van der Waals surface area contributed by atoms with E-state index < -0.39 is 0 Å². The number of aryl methyl sites for hydroxylation is 1. The molecule has 2 rings (SSSR count). The lowest BCUT2D eigenvalue weighted by atomic mass is 9.97. The summed E-state index contributed by atoms with van der Waals surface area (Å²) in [5, 5.41) is 3.64. The van der Waals surface area contributed by atoms with Crippen LogP contribution in [0.3, 0.4) is 0 Å². The highest BCUT2D eigenvalue weighted by molar-refractivity contribution is 9.10. The average Bonchev–Trinajstić information content (AvgIpc) is 2.45. The molecule has 0 spiro atoms. The molecule has 3 heteroatoms. The Hall–Kier alpha value is -0.640. The van der Waals surface area contributed by atoms with E-state index in [2.05, 4.69) is 93.5 Å². The molecule has 0 saturated carbocycles. The first-order chi connectivity index (χ1) is 9.61. The summed E-state index contributed by atoms with van der Waals surface area (Å²) in [6.07, 6.45) is 1.13. The SMILES string of the molecule is CCCNC(c1ccc(Br)cc1)c1ccc(Br)c(C)c1. The molecule has 0 aliphatic rings. The van der Waals surface area contributed by atoms with Crippen LogP contribution in [0.1, 0.15) is 36.1 Å². The Kier molecular flexibility index (Phi) is 5.82. The van der Waals surface area contributed by atoms with Gasteiger partial charge in [-0.05, 0) is 54.8 Å². The molecule has 0 aromatic heterocycles. The first-order valence-corrected chi connectivity index (χ1v) is 8.45. The second-order valence-corrected chi connectivity index (χ2v) is 6.72. The third-order valence-corrected chi connectivity index (χ3v) is 4.74. The van der Waals surface area contributed by atoms with Crippen LogP contribution in [0, 0.1) is 6.92 Å². The molecule has 2 aromatic rings. The molecule has 0 amide bonds. The Morgan fingerprint density at radius 3 is 2.25 bits per heavy atom. The molecule has 20 heavy (non-hydrogen) atoms. The van der Waals surface area contributed by atoms with Gasteiger partial charge < -0.3 is 5.32 Å². The fourth-order valence-corrected chi connectivity index (χ4v) is 2.73. The van der Waals surface area contributed by atoms with E-state index >= 15 is 0 Å². The molecule has 0 aliphatic heterocycles. The highest BCUT2D eigenvalue weighted by Gasteiger charge is 2.13. The van der Waals surface area contributed by atoms with E-state index in [-0.39, 0.29) is 6.04 Å². The maximum atomic E-state index is 3.64. The number of rotatable bonds is 5. The number of hydrogen-bond acceptors (Lipinski definition) is 1. The van der Waals surface area contributed by atoms with Crippen LogP contribution in [-0.2, 0) is 0 Å². The van der Waals surface area contributed by atoms with Crippen molar-refractivity contribution in [2.24, 2.45) is 0 Å². The van der Waals surface area contributed by atoms with E-state index in [0.29, 0.717) is 0 Å². The van der Waals surface area contributed by atoms with E-state index in [1.165, 1.54) is 16.7 Å². The second kappa shape index (κ2) is 7.39. The van der Waals surface area contributed by atoms with Gasteiger partial charge in [0.15, 0.2) is 0 Å². The van der Waals surface area contributed by atoms with Crippen molar-refractivity contribution in [3.63, 3.8) is 0 Å². The fraction of sp³-hybridized carbons (Fsp3) is 0.294. The van der Waals surface area contributed by atoms with Crippen molar-refractivity contribution < 1.29 is 0 Å². The molecule has 0 bridgehead atoms. The van der Waals surface area contributed by atoms with Crippen molar-refractivity contribution >= 4 is 31.9 Å². The smallest absolute Gasteiger partial charge is 0.0576 e. The monoisotopic (exact) mass is 395 g/mol. The van der Waals surface area contributed by atoms with Crippen LogP contribution in [0.25, 0.3) is 0 Å². The van der Waals surface area contributed by atoms with Crippen LogP contribution < -0.4 is 5.32 Å². The molecule has 1 atom stereocenters. The zero-order chi connectivity index (χ0) is 14.5. The van der Waals surface area contributed by atoms with Crippen LogP contribution in [0.4, 0.5) is 0 Å². The fourth-order valence-electron chi connectivity index (χ4n) is 2.22. The zero-order valence-corrected chi connectivity index (χ0v) is 15.0. The Morgan fingerprint density at radius 2 is 1.65 bits per heavy atom. The first-order valence-electron chi connectivity index (χ1n) is 6.86. The van der Waals surface area contributed by atoms with Crippen LogP contribution >= 0.6 is 31.9 Å². The van der Waals surface area contributed by atoms with Gasteiger partial charge in [-0.2, -0.15) is 0 Å². The van der Waals surface area contributed by atoms with Gasteiger partial charge in [0.1, 0.15) is 0 Å². The maximum Gasteiger partial charge on any atom is 0.0576 e. The summed E-state index contributed by atoms with van der Waals surface area (Å²) in [4.78, 5) is 0. The van der Waals surface area contributed by atoms with Crippen molar-refractivity contribution in [3.8, 4) is 0 Å². The lowest BCUT2D eigenvalue weighted by molar-refractivity contribution is 0.598. The van der Waals surface area contributed by atoms with Gasteiger partial charge in [-0.1, -0.05) is 63.0 Å². The molecule has 1 nitrogen and oxygen atoms in total. The number of nitrogens with one attached hydrogen (secondary N) is 1. The van der Waals surface area contributed by atoms with E-state index in [0.717, 1.165) is 21.9 Å². The van der Waals surface area contributed by atoms with Crippen molar-refractivity contribution in [2.45, 2.75) is 26.3 Å². The Balaban J connectivity index is 2.35. The average molecular weight is 397 g/mol. The summed E-state index contributed by atoms with van der Waals surface area (Å²) in [5.41, 5.74) is 3.87. The van der Waals surface area contributed by atoms with E-state index in [1.807, 2.05) is 0 Å². The molecule has 0 radical (unpaired) electrons. The van der Waals surface area contributed by atoms with Crippen molar-refractivity contribution in [2.75, 3.05) is 6.54 Å². The normalized spacial score (nSPS) is 12.4. The topological polar surface area (TPSA) is 12.0 Å². The molecular weight excluding hydrogens is 378 g/mol. The lowest BCUT2D eigenvalue weighted by Crippen LogP contribution is -2.23. The molecule has 0 aliphatic carbocycles. The van der Waals surface area contributed by atoms with Crippen LogP contribution in [0.2, 0.25) is 0 Å². The summed E-state index contributed by atoms with van der Waals surface area (Å²) in [5.74, 6) is 0. The highest BCUT2D eigenvalue weighted by atomic mass is 79.9. The van der Waals surface area contributed by atoms with E-state index in [1.54, 1.807) is 0 Å². The summed E-state index contributed by atoms with van der Waals surface area (Å²) in [6.45, 7) is 5.33. The Bertz CT molecular complexity index is 564. The summed E-state index contributed by atoms with van der Waals surface area (Å²) < 4.78 is 2.27. The number of halogens is 2. The van der Waals surface area contributed by atoms with Gasteiger partial charge >= 0.3 is 0 Å². The van der Waals surface area contributed by atoms with Gasteiger partial charge in [0.05, 0.1) is 6.04 Å². The van der Waals surface area contributed by atoms with Gasteiger partial charge in [-0.3, -0.25) is 0 Å². The van der Waals surface area contributed by atoms with Gasteiger partial charge in [0, 0.05) is 8.95 Å². The minimum absolute atomic E-state index is 0.245. The first kappa shape index (κ1) is 15.7. The Labute approximate surface area is 138 Å². The molecule has 1 N–H and O–H groups in total. The van der Waals surface area contributed by atoms with Crippen LogP contribution in [0.15, 0.2) is 51.4 Å². The van der Waals surface area contributed by atoms with Crippen molar-refractivity contribution in [1.29, 1.82) is 0 Å². The number of benzene rings is 2. The molecular formula is C17H19Br2N. The standard InChI is InChI=1S/C17H19Br2N/c1-3-10-20-17(13-4-7-15(18)8-5-13)14-6-9-16(19)12(2)11-14/h4-9,11,17,20H,3,10H2,1-2H3. The second-order valence-electron chi connectivity index (χ2n) is 4.95. The molecule has 0 saturated heterocycles. The highest BCUT2D eigenvalue weighted by Crippen LogP contribution is 2.27. The molecule has 1 unspecified atom stereocenters.